The Morgan fingerprint density at radius 2 is 2.15 bits per heavy atom. The zero-order chi connectivity index (χ0) is 13.7. The van der Waals surface area contributed by atoms with Crippen LogP contribution in [-0.2, 0) is 4.79 Å². The summed E-state index contributed by atoms with van der Waals surface area (Å²) < 4.78 is 0. The molecule has 2 aromatic rings. The van der Waals surface area contributed by atoms with Crippen molar-refractivity contribution in [2.45, 2.75) is 38.0 Å². The van der Waals surface area contributed by atoms with Crippen LogP contribution in [0.3, 0.4) is 0 Å². The molecule has 2 heterocycles. The third kappa shape index (κ3) is 2.38. The first kappa shape index (κ1) is 12.5. The molecule has 1 amide bonds. The number of hydrogen-bond donors (Lipinski definition) is 1. The van der Waals surface area contributed by atoms with E-state index >= 15 is 0 Å². The van der Waals surface area contributed by atoms with Crippen LogP contribution >= 0.6 is 22.7 Å². The number of nitrogens with zero attached hydrogens (tertiary/aromatic N) is 2. The molecule has 0 unspecified atom stereocenters. The number of aromatic nitrogens is 2. The van der Waals surface area contributed by atoms with E-state index in [0.717, 1.165) is 11.4 Å². The maximum atomic E-state index is 12.2. The Labute approximate surface area is 125 Å². The van der Waals surface area contributed by atoms with Crippen molar-refractivity contribution in [2.24, 2.45) is 5.92 Å². The zero-order valence-electron chi connectivity index (χ0n) is 11.1. The Balaban J connectivity index is 1.38. The van der Waals surface area contributed by atoms with E-state index in [1.165, 1.54) is 33.9 Å². The molecular formula is C14H15N3OS2. The molecule has 1 N–H and O–H groups in total. The van der Waals surface area contributed by atoms with Gasteiger partial charge in [-0.3, -0.25) is 4.79 Å². The Morgan fingerprint density at radius 3 is 2.85 bits per heavy atom. The van der Waals surface area contributed by atoms with Crippen LogP contribution in [0.5, 0.6) is 0 Å². The van der Waals surface area contributed by atoms with Crippen LogP contribution in [0.4, 0.5) is 5.13 Å². The number of amides is 1. The van der Waals surface area contributed by atoms with E-state index in [4.69, 9.17) is 0 Å². The number of nitrogens with one attached hydrogen (secondary N) is 1. The summed E-state index contributed by atoms with van der Waals surface area (Å²) in [6.07, 6.45) is 3.39. The molecule has 4 nitrogen and oxygen atoms in total. The molecule has 2 atom stereocenters. The summed E-state index contributed by atoms with van der Waals surface area (Å²) in [4.78, 5) is 14.8. The maximum Gasteiger partial charge on any atom is 0.229 e. The highest BCUT2D eigenvalue weighted by molar-refractivity contribution is 7.15. The van der Waals surface area contributed by atoms with Gasteiger partial charge in [0.25, 0.3) is 0 Å². The van der Waals surface area contributed by atoms with Crippen LogP contribution < -0.4 is 5.32 Å². The normalized spacial score (nSPS) is 24.6. The molecule has 0 spiro atoms. The summed E-state index contributed by atoms with van der Waals surface area (Å²) in [6, 6.07) is 4.27. The van der Waals surface area contributed by atoms with Crippen LogP contribution in [0.25, 0.3) is 0 Å². The number of aryl methyl sites for hydroxylation is 1. The Kier molecular flexibility index (Phi) is 2.89. The first-order chi connectivity index (χ1) is 9.70. The van der Waals surface area contributed by atoms with Crippen molar-refractivity contribution in [3.05, 3.63) is 26.9 Å². The van der Waals surface area contributed by atoms with Crippen LogP contribution in [0.15, 0.2) is 12.1 Å². The lowest BCUT2D eigenvalue weighted by atomic mass is 10.2. The molecule has 104 valence electrons. The lowest BCUT2D eigenvalue weighted by molar-refractivity contribution is -0.117. The van der Waals surface area contributed by atoms with E-state index < -0.39 is 0 Å². The summed E-state index contributed by atoms with van der Waals surface area (Å²) in [5.74, 6) is 1.21. The molecular weight excluding hydrogens is 290 g/mol. The second kappa shape index (κ2) is 4.63. The minimum atomic E-state index is 0.0968. The van der Waals surface area contributed by atoms with Crippen LogP contribution in [0.1, 0.15) is 45.9 Å². The number of thiophene rings is 1. The second-order valence-electron chi connectivity index (χ2n) is 5.61. The quantitative estimate of drug-likeness (QED) is 0.940. The number of hydrogen-bond acceptors (Lipinski definition) is 5. The molecule has 0 aliphatic heterocycles. The van der Waals surface area contributed by atoms with Gasteiger partial charge in [-0.1, -0.05) is 11.3 Å². The van der Waals surface area contributed by atoms with Gasteiger partial charge in [0.15, 0.2) is 0 Å². The molecule has 2 aliphatic carbocycles. The van der Waals surface area contributed by atoms with Gasteiger partial charge in [0.05, 0.1) is 0 Å². The highest BCUT2D eigenvalue weighted by Gasteiger charge is 2.45. The van der Waals surface area contributed by atoms with Gasteiger partial charge in [-0.15, -0.1) is 21.5 Å². The number of carbonyl (C=O) groups excluding carboxylic acids is 1. The molecule has 6 heteroatoms. The Morgan fingerprint density at radius 1 is 1.30 bits per heavy atom. The number of anilines is 1. The third-order valence-corrected chi connectivity index (χ3v) is 5.98. The summed E-state index contributed by atoms with van der Waals surface area (Å²) >= 11 is 3.32. The predicted molar refractivity (Wildman–Crippen MR) is 80.4 cm³/mol. The van der Waals surface area contributed by atoms with Crippen molar-refractivity contribution in [2.75, 3.05) is 5.32 Å². The largest absolute Gasteiger partial charge is 0.300 e. The molecule has 20 heavy (non-hydrogen) atoms. The average Bonchev–Trinajstić information content (AvgIpc) is 3.34. The van der Waals surface area contributed by atoms with E-state index in [1.54, 1.807) is 11.3 Å². The van der Waals surface area contributed by atoms with Gasteiger partial charge in [0.2, 0.25) is 11.0 Å². The number of rotatable bonds is 4. The Bertz CT molecular complexity index is 659. The molecule has 2 aliphatic rings. The fraction of sp³-hybridized carbons (Fsp3) is 0.500. The van der Waals surface area contributed by atoms with E-state index in [2.05, 4.69) is 34.6 Å². The average molecular weight is 305 g/mol. The lowest BCUT2D eigenvalue weighted by Crippen LogP contribution is -2.14. The molecule has 0 radical (unpaired) electrons. The van der Waals surface area contributed by atoms with E-state index in [0.29, 0.717) is 17.0 Å². The third-order valence-electron chi connectivity index (χ3n) is 3.85. The predicted octanol–water partition coefficient (Wildman–Crippen LogP) is 3.53. The fourth-order valence-corrected chi connectivity index (χ4v) is 4.40. The number of carbonyl (C=O) groups is 1. The summed E-state index contributed by atoms with van der Waals surface area (Å²) in [5, 5.41) is 12.9. The minimum absolute atomic E-state index is 0.0968. The van der Waals surface area contributed by atoms with Gasteiger partial charge in [-0.2, -0.15) is 0 Å². The van der Waals surface area contributed by atoms with Crippen molar-refractivity contribution in [3.63, 3.8) is 0 Å². The first-order valence-electron chi connectivity index (χ1n) is 6.91. The standard InChI is InChI=1S/C14H15N3OS2/c1-7-2-5-11(19-7)9-6-10(9)12(18)15-14-17-16-13(20-14)8-3-4-8/h2,5,8-10H,3-4,6H2,1H3,(H,15,17,18)/t9-,10-/m1/s1. The lowest BCUT2D eigenvalue weighted by Gasteiger charge is -1.99. The van der Waals surface area contributed by atoms with Crippen LogP contribution in [0, 0.1) is 12.8 Å². The minimum Gasteiger partial charge on any atom is -0.300 e. The molecule has 2 fully saturated rings. The zero-order valence-corrected chi connectivity index (χ0v) is 12.8. The maximum absolute atomic E-state index is 12.2. The molecule has 2 saturated carbocycles. The highest BCUT2D eigenvalue weighted by Crippen LogP contribution is 2.50. The SMILES string of the molecule is Cc1ccc([C@@H]2C[C@H]2C(=O)Nc2nnc(C3CC3)s2)s1. The van der Waals surface area contributed by atoms with Crippen molar-refractivity contribution in [3.8, 4) is 0 Å². The van der Waals surface area contributed by atoms with Crippen molar-refractivity contribution in [1.82, 2.24) is 10.2 Å². The van der Waals surface area contributed by atoms with Gasteiger partial charge in [0, 0.05) is 27.5 Å². The summed E-state index contributed by atoms with van der Waals surface area (Å²) in [5.41, 5.74) is 0. The first-order valence-corrected chi connectivity index (χ1v) is 8.54. The van der Waals surface area contributed by atoms with Gasteiger partial charge in [-0.25, -0.2) is 0 Å². The van der Waals surface area contributed by atoms with Gasteiger partial charge in [0.1, 0.15) is 5.01 Å². The fourth-order valence-electron chi connectivity index (χ4n) is 2.43. The topological polar surface area (TPSA) is 54.9 Å². The molecule has 0 aromatic carbocycles. The van der Waals surface area contributed by atoms with Gasteiger partial charge >= 0.3 is 0 Å². The van der Waals surface area contributed by atoms with Crippen molar-refractivity contribution >= 4 is 33.7 Å². The van der Waals surface area contributed by atoms with E-state index in [9.17, 15) is 4.79 Å². The van der Waals surface area contributed by atoms with Crippen LogP contribution in [-0.4, -0.2) is 16.1 Å². The second-order valence-corrected chi connectivity index (χ2v) is 7.93. The molecule has 2 aromatic heterocycles. The molecule has 0 saturated heterocycles. The van der Waals surface area contributed by atoms with Crippen molar-refractivity contribution < 1.29 is 4.79 Å². The Hall–Kier alpha value is -1.27. The molecule has 0 bridgehead atoms. The summed E-state index contributed by atoms with van der Waals surface area (Å²) in [7, 11) is 0. The van der Waals surface area contributed by atoms with E-state index in [1.807, 2.05) is 0 Å². The monoisotopic (exact) mass is 305 g/mol. The smallest absolute Gasteiger partial charge is 0.229 e. The van der Waals surface area contributed by atoms with Gasteiger partial charge < -0.3 is 5.32 Å². The summed E-state index contributed by atoms with van der Waals surface area (Å²) in [6.45, 7) is 2.10. The van der Waals surface area contributed by atoms with Crippen molar-refractivity contribution in [1.29, 1.82) is 0 Å². The molecule has 4 rings (SSSR count). The van der Waals surface area contributed by atoms with E-state index in [-0.39, 0.29) is 11.8 Å². The highest BCUT2D eigenvalue weighted by atomic mass is 32.1. The van der Waals surface area contributed by atoms with Crippen LogP contribution in [0.2, 0.25) is 0 Å². The van der Waals surface area contributed by atoms with Gasteiger partial charge in [-0.05, 0) is 38.3 Å².